The van der Waals surface area contributed by atoms with Crippen molar-refractivity contribution < 1.29 is 9.53 Å². The number of nitrogens with zero attached hydrogens (tertiary/aromatic N) is 1. The third-order valence-electron chi connectivity index (χ3n) is 4.31. The van der Waals surface area contributed by atoms with Gasteiger partial charge in [0.25, 0.3) is 0 Å². The number of carbonyl (C=O) groups is 1. The van der Waals surface area contributed by atoms with E-state index in [-0.39, 0.29) is 5.97 Å². The van der Waals surface area contributed by atoms with Crippen LogP contribution in [0.5, 0.6) is 0 Å². The Morgan fingerprint density at radius 2 is 1.90 bits per heavy atom. The topological polar surface area (TPSA) is 29.5 Å². The summed E-state index contributed by atoms with van der Waals surface area (Å²) in [5.41, 5.74) is 2.39. The number of ether oxygens (including phenoxy) is 1. The molecule has 0 radical (unpaired) electrons. The van der Waals surface area contributed by atoms with Gasteiger partial charge in [-0.05, 0) is 42.7 Å². The number of esters is 1. The maximum atomic E-state index is 11.5. The van der Waals surface area contributed by atoms with Crippen molar-refractivity contribution in [3.05, 3.63) is 35.4 Å². The summed E-state index contributed by atoms with van der Waals surface area (Å²) in [6.07, 6.45) is 5.85. The van der Waals surface area contributed by atoms with Gasteiger partial charge in [0.15, 0.2) is 0 Å². The average molecular weight is 273 g/mol. The van der Waals surface area contributed by atoms with E-state index >= 15 is 0 Å². The maximum Gasteiger partial charge on any atom is 0.309 e. The molecule has 2 aliphatic rings. The molecule has 2 fully saturated rings. The van der Waals surface area contributed by atoms with Crippen LogP contribution in [0.2, 0.25) is 0 Å². The second kappa shape index (κ2) is 5.96. The Morgan fingerprint density at radius 3 is 2.50 bits per heavy atom. The van der Waals surface area contributed by atoms with Crippen molar-refractivity contribution >= 4 is 5.97 Å². The van der Waals surface area contributed by atoms with E-state index in [1.165, 1.54) is 44.9 Å². The molecule has 3 rings (SSSR count). The number of benzene rings is 1. The van der Waals surface area contributed by atoms with Crippen LogP contribution in [-0.2, 0) is 22.5 Å². The first kappa shape index (κ1) is 13.6. The molecule has 0 spiro atoms. The summed E-state index contributed by atoms with van der Waals surface area (Å²) in [7, 11) is 1.45. The molecule has 1 aromatic carbocycles. The van der Waals surface area contributed by atoms with Crippen molar-refractivity contribution in [3.63, 3.8) is 0 Å². The summed E-state index contributed by atoms with van der Waals surface area (Å²) in [4.78, 5) is 14.1. The summed E-state index contributed by atoms with van der Waals surface area (Å²) in [5, 5.41) is 0. The minimum absolute atomic E-state index is 0.155. The Balaban J connectivity index is 1.69. The summed E-state index contributed by atoms with van der Waals surface area (Å²) < 4.78 is 4.80. The normalized spacial score (nSPS) is 18.3. The fourth-order valence-electron chi connectivity index (χ4n) is 2.75. The smallest absolute Gasteiger partial charge is 0.309 e. The van der Waals surface area contributed by atoms with Crippen molar-refractivity contribution in [1.29, 1.82) is 0 Å². The van der Waals surface area contributed by atoms with Gasteiger partial charge in [-0.15, -0.1) is 0 Å². The minimum atomic E-state index is -0.155. The van der Waals surface area contributed by atoms with Gasteiger partial charge in [0, 0.05) is 19.1 Å². The Bertz CT molecular complexity index is 478. The highest BCUT2D eigenvalue weighted by Crippen LogP contribution is 2.35. The first-order valence-electron chi connectivity index (χ1n) is 7.64. The van der Waals surface area contributed by atoms with Crippen molar-refractivity contribution in [3.8, 4) is 0 Å². The van der Waals surface area contributed by atoms with E-state index in [1.807, 2.05) is 6.07 Å². The zero-order chi connectivity index (χ0) is 13.9. The molecular formula is C17H23NO2. The highest BCUT2D eigenvalue weighted by molar-refractivity contribution is 5.72. The first-order valence-corrected chi connectivity index (χ1v) is 7.64. The van der Waals surface area contributed by atoms with Gasteiger partial charge in [-0.1, -0.05) is 24.3 Å². The van der Waals surface area contributed by atoms with Crippen LogP contribution in [0.25, 0.3) is 0 Å². The molecule has 3 nitrogen and oxygen atoms in total. The van der Waals surface area contributed by atoms with Crippen LogP contribution >= 0.6 is 0 Å². The predicted octanol–water partition coefficient (Wildman–Crippen LogP) is 2.78. The largest absolute Gasteiger partial charge is 0.469 e. The second-order valence-electron chi connectivity index (χ2n) is 6.13. The molecule has 0 unspecified atom stereocenters. The molecule has 0 aliphatic heterocycles. The average Bonchev–Trinajstić information content (AvgIpc) is 3.33. The van der Waals surface area contributed by atoms with E-state index in [0.29, 0.717) is 6.42 Å². The SMILES string of the molecule is COC(=O)Cc1ccccc1CN(CC1CC1)C1CC1. The summed E-state index contributed by atoms with van der Waals surface area (Å²) in [6.45, 7) is 2.21. The van der Waals surface area contributed by atoms with Crippen LogP contribution in [-0.4, -0.2) is 30.6 Å². The van der Waals surface area contributed by atoms with Crippen LogP contribution in [0.1, 0.15) is 36.8 Å². The standard InChI is InChI=1S/C17H23NO2/c1-20-17(19)10-14-4-2-3-5-15(14)12-18(16-8-9-16)11-13-6-7-13/h2-5,13,16H,6-12H2,1H3. The molecule has 2 aliphatic carbocycles. The van der Waals surface area contributed by atoms with Gasteiger partial charge < -0.3 is 4.74 Å². The van der Waals surface area contributed by atoms with E-state index in [4.69, 9.17) is 4.74 Å². The molecular weight excluding hydrogens is 250 g/mol. The van der Waals surface area contributed by atoms with Crippen molar-refractivity contribution in [2.75, 3.05) is 13.7 Å². The fraction of sp³-hybridized carbons (Fsp3) is 0.588. The molecule has 0 amide bonds. The summed E-state index contributed by atoms with van der Waals surface area (Å²) in [5.74, 6) is 0.765. The van der Waals surface area contributed by atoms with E-state index in [0.717, 1.165) is 24.1 Å². The molecule has 0 N–H and O–H groups in total. The fourth-order valence-corrected chi connectivity index (χ4v) is 2.75. The van der Waals surface area contributed by atoms with E-state index in [9.17, 15) is 4.79 Å². The molecule has 108 valence electrons. The Morgan fingerprint density at radius 1 is 1.20 bits per heavy atom. The monoisotopic (exact) mass is 273 g/mol. The molecule has 0 saturated heterocycles. The lowest BCUT2D eigenvalue weighted by molar-refractivity contribution is -0.139. The molecule has 0 heterocycles. The lowest BCUT2D eigenvalue weighted by Gasteiger charge is -2.23. The molecule has 1 aromatic rings. The van der Waals surface area contributed by atoms with Gasteiger partial charge in [-0.2, -0.15) is 0 Å². The van der Waals surface area contributed by atoms with Crippen molar-refractivity contribution in [2.45, 2.75) is 44.7 Å². The lowest BCUT2D eigenvalue weighted by Crippen LogP contribution is -2.28. The van der Waals surface area contributed by atoms with Crippen LogP contribution < -0.4 is 0 Å². The van der Waals surface area contributed by atoms with Crippen LogP contribution in [0.15, 0.2) is 24.3 Å². The van der Waals surface area contributed by atoms with Crippen molar-refractivity contribution in [2.24, 2.45) is 5.92 Å². The molecule has 0 bridgehead atoms. The van der Waals surface area contributed by atoms with E-state index in [2.05, 4.69) is 23.1 Å². The molecule has 2 saturated carbocycles. The van der Waals surface area contributed by atoms with E-state index in [1.54, 1.807) is 0 Å². The van der Waals surface area contributed by atoms with Crippen molar-refractivity contribution in [1.82, 2.24) is 4.90 Å². The zero-order valence-electron chi connectivity index (χ0n) is 12.2. The Hall–Kier alpha value is -1.35. The van der Waals surface area contributed by atoms with Gasteiger partial charge in [0.05, 0.1) is 13.5 Å². The number of hydrogen-bond acceptors (Lipinski definition) is 3. The van der Waals surface area contributed by atoms with Gasteiger partial charge in [-0.25, -0.2) is 0 Å². The van der Waals surface area contributed by atoms with Gasteiger partial charge in [0.2, 0.25) is 0 Å². The Kier molecular flexibility index (Phi) is 4.06. The molecule has 0 atom stereocenters. The zero-order valence-corrected chi connectivity index (χ0v) is 12.2. The Labute approximate surface area is 120 Å². The number of methoxy groups -OCH3 is 1. The number of rotatable bonds is 7. The van der Waals surface area contributed by atoms with Gasteiger partial charge in [0.1, 0.15) is 0 Å². The molecule has 3 heteroatoms. The third-order valence-corrected chi connectivity index (χ3v) is 4.31. The van der Waals surface area contributed by atoms with E-state index < -0.39 is 0 Å². The molecule has 0 aromatic heterocycles. The number of hydrogen-bond donors (Lipinski definition) is 0. The summed E-state index contributed by atoms with van der Waals surface area (Å²) >= 11 is 0. The van der Waals surface area contributed by atoms with Gasteiger partial charge in [-0.3, -0.25) is 9.69 Å². The highest BCUT2D eigenvalue weighted by Gasteiger charge is 2.33. The van der Waals surface area contributed by atoms with Crippen LogP contribution in [0, 0.1) is 5.92 Å². The third kappa shape index (κ3) is 3.60. The first-order chi connectivity index (χ1) is 9.76. The molecule has 20 heavy (non-hydrogen) atoms. The minimum Gasteiger partial charge on any atom is -0.469 e. The predicted molar refractivity (Wildman–Crippen MR) is 78.3 cm³/mol. The summed E-state index contributed by atoms with van der Waals surface area (Å²) in [6, 6.07) is 9.05. The highest BCUT2D eigenvalue weighted by atomic mass is 16.5. The number of carbonyl (C=O) groups excluding carboxylic acids is 1. The van der Waals surface area contributed by atoms with Crippen LogP contribution in [0.4, 0.5) is 0 Å². The van der Waals surface area contributed by atoms with Crippen LogP contribution in [0.3, 0.4) is 0 Å². The quantitative estimate of drug-likeness (QED) is 0.715. The second-order valence-corrected chi connectivity index (χ2v) is 6.13. The maximum absolute atomic E-state index is 11.5. The lowest BCUT2D eigenvalue weighted by atomic mass is 10.0. The van der Waals surface area contributed by atoms with Gasteiger partial charge >= 0.3 is 5.97 Å².